The molecule has 0 aromatic heterocycles. The van der Waals surface area contributed by atoms with Crippen molar-refractivity contribution in [2.45, 2.75) is 45.6 Å². The second kappa shape index (κ2) is 8.71. The molecule has 2 amide bonds. The Kier molecular flexibility index (Phi) is 6.64. The van der Waals surface area contributed by atoms with Gasteiger partial charge < -0.3 is 15.4 Å². The second-order valence-electron chi connectivity index (χ2n) is 6.72. The number of carbonyl (C=O) groups excluding carboxylic acids is 2. The average Bonchev–Trinajstić information content (AvgIpc) is 3.30. The molecule has 2 N–H and O–H groups in total. The van der Waals surface area contributed by atoms with Crippen LogP contribution in [0.15, 0.2) is 24.3 Å². The standard InChI is InChI=1S/C19H28N2O3/c1-13-12-17(13)19(23)20-11-10-18(22)21-14(2)4-5-15-6-8-16(24-3)9-7-15/h6-9,13-14,17H,4-5,10-12H2,1-3H3,(H,20,23)(H,21,22)/t13-,14-,17+/m0/s1. The Balaban J connectivity index is 1.59. The third-order valence-corrected chi connectivity index (χ3v) is 4.53. The molecule has 1 aromatic rings. The quantitative estimate of drug-likeness (QED) is 0.729. The monoisotopic (exact) mass is 332 g/mol. The zero-order chi connectivity index (χ0) is 17.5. The lowest BCUT2D eigenvalue weighted by atomic mass is 10.1. The van der Waals surface area contributed by atoms with Gasteiger partial charge in [0.05, 0.1) is 7.11 Å². The maximum atomic E-state index is 11.9. The van der Waals surface area contributed by atoms with Gasteiger partial charge in [0.15, 0.2) is 0 Å². The molecule has 0 aliphatic heterocycles. The van der Waals surface area contributed by atoms with E-state index in [2.05, 4.69) is 17.6 Å². The number of rotatable bonds is 9. The molecule has 3 atom stereocenters. The highest BCUT2D eigenvalue weighted by molar-refractivity contribution is 5.82. The summed E-state index contributed by atoms with van der Waals surface area (Å²) in [4.78, 5) is 23.6. The largest absolute Gasteiger partial charge is 0.497 e. The molecule has 0 bridgehead atoms. The Morgan fingerprint density at radius 3 is 2.54 bits per heavy atom. The first-order chi connectivity index (χ1) is 11.5. The topological polar surface area (TPSA) is 67.4 Å². The first-order valence-corrected chi connectivity index (χ1v) is 8.69. The highest BCUT2D eigenvalue weighted by Crippen LogP contribution is 2.37. The maximum absolute atomic E-state index is 11.9. The van der Waals surface area contributed by atoms with Crippen LogP contribution in [0.5, 0.6) is 5.75 Å². The van der Waals surface area contributed by atoms with Gasteiger partial charge in [-0.05, 0) is 49.8 Å². The summed E-state index contributed by atoms with van der Waals surface area (Å²) in [6.07, 6.45) is 3.09. The van der Waals surface area contributed by atoms with Crippen LogP contribution in [-0.2, 0) is 16.0 Å². The molecule has 24 heavy (non-hydrogen) atoms. The Morgan fingerprint density at radius 2 is 1.96 bits per heavy atom. The van der Waals surface area contributed by atoms with E-state index in [0.29, 0.717) is 18.9 Å². The fraction of sp³-hybridized carbons (Fsp3) is 0.579. The van der Waals surface area contributed by atoms with E-state index in [-0.39, 0.29) is 23.8 Å². The van der Waals surface area contributed by atoms with Crippen LogP contribution in [0, 0.1) is 11.8 Å². The predicted molar refractivity (Wildman–Crippen MR) is 93.8 cm³/mol. The number of amides is 2. The van der Waals surface area contributed by atoms with E-state index in [1.54, 1.807) is 7.11 Å². The van der Waals surface area contributed by atoms with E-state index in [1.165, 1.54) is 5.56 Å². The van der Waals surface area contributed by atoms with Crippen molar-refractivity contribution in [1.82, 2.24) is 10.6 Å². The van der Waals surface area contributed by atoms with Gasteiger partial charge >= 0.3 is 0 Å². The van der Waals surface area contributed by atoms with Crippen molar-refractivity contribution < 1.29 is 14.3 Å². The lowest BCUT2D eigenvalue weighted by molar-refractivity contribution is -0.123. The predicted octanol–water partition coefficient (Wildman–Crippen LogP) is 2.29. The van der Waals surface area contributed by atoms with Crippen LogP contribution in [0.1, 0.15) is 38.7 Å². The minimum absolute atomic E-state index is 0.0126. The molecule has 1 aliphatic carbocycles. The third-order valence-electron chi connectivity index (χ3n) is 4.53. The molecule has 0 unspecified atom stereocenters. The van der Waals surface area contributed by atoms with E-state index in [9.17, 15) is 9.59 Å². The van der Waals surface area contributed by atoms with Gasteiger partial charge in [0, 0.05) is 24.9 Å². The number of hydrogen-bond donors (Lipinski definition) is 2. The van der Waals surface area contributed by atoms with E-state index in [0.717, 1.165) is 25.0 Å². The van der Waals surface area contributed by atoms with Gasteiger partial charge in [0.2, 0.25) is 11.8 Å². The van der Waals surface area contributed by atoms with Gasteiger partial charge in [0.25, 0.3) is 0 Å². The molecule has 1 aliphatic rings. The molecule has 1 saturated carbocycles. The molecule has 0 spiro atoms. The van der Waals surface area contributed by atoms with E-state index in [4.69, 9.17) is 4.74 Å². The molecule has 0 saturated heterocycles. The minimum Gasteiger partial charge on any atom is -0.497 e. The summed E-state index contributed by atoms with van der Waals surface area (Å²) >= 11 is 0. The zero-order valence-electron chi connectivity index (χ0n) is 14.8. The van der Waals surface area contributed by atoms with Crippen LogP contribution >= 0.6 is 0 Å². The Morgan fingerprint density at radius 1 is 1.29 bits per heavy atom. The van der Waals surface area contributed by atoms with Crippen molar-refractivity contribution in [3.8, 4) is 5.75 Å². The van der Waals surface area contributed by atoms with Gasteiger partial charge in [-0.1, -0.05) is 19.1 Å². The highest BCUT2D eigenvalue weighted by Gasteiger charge is 2.38. The van der Waals surface area contributed by atoms with E-state index < -0.39 is 0 Å². The highest BCUT2D eigenvalue weighted by atomic mass is 16.5. The van der Waals surface area contributed by atoms with Crippen molar-refractivity contribution >= 4 is 11.8 Å². The fourth-order valence-corrected chi connectivity index (χ4v) is 2.71. The van der Waals surface area contributed by atoms with Gasteiger partial charge in [-0.3, -0.25) is 9.59 Å². The Hall–Kier alpha value is -2.04. The summed E-state index contributed by atoms with van der Waals surface area (Å²) in [6, 6.07) is 8.09. The van der Waals surface area contributed by atoms with Crippen LogP contribution in [0.3, 0.4) is 0 Å². The summed E-state index contributed by atoms with van der Waals surface area (Å²) in [5, 5.41) is 5.82. The second-order valence-corrected chi connectivity index (χ2v) is 6.72. The van der Waals surface area contributed by atoms with Crippen molar-refractivity contribution in [3.05, 3.63) is 29.8 Å². The van der Waals surface area contributed by atoms with Crippen molar-refractivity contribution in [2.24, 2.45) is 11.8 Å². The summed E-state index contributed by atoms with van der Waals surface area (Å²) in [6.45, 7) is 4.49. The smallest absolute Gasteiger partial charge is 0.223 e. The molecular formula is C19H28N2O3. The molecule has 5 nitrogen and oxygen atoms in total. The molecule has 0 radical (unpaired) electrons. The SMILES string of the molecule is COc1ccc(CC[C@H](C)NC(=O)CCNC(=O)[C@@H]2C[C@@H]2C)cc1. The van der Waals surface area contributed by atoms with Crippen LogP contribution in [0.25, 0.3) is 0 Å². The Bertz CT molecular complexity index is 556. The normalized spacial score (nSPS) is 20.1. The third kappa shape index (κ3) is 5.87. The zero-order valence-corrected chi connectivity index (χ0v) is 14.8. The Labute approximate surface area is 144 Å². The van der Waals surface area contributed by atoms with Crippen molar-refractivity contribution in [2.75, 3.05) is 13.7 Å². The van der Waals surface area contributed by atoms with Gasteiger partial charge in [-0.2, -0.15) is 0 Å². The van der Waals surface area contributed by atoms with Crippen molar-refractivity contribution in [3.63, 3.8) is 0 Å². The molecule has 1 aromatic carbocycles. The fourth-order valence-electron chi connectivity index (χ4n) is 2.71. The van der Waals surface area contributed by atoms with Crippen LogP contribution < -0.4 is 15.4 Å². The number of carbonyl (C=O) groups is 2. The average molecular weight is 332 g/mol. The van der Waals surface area contributed by atoms with Gasteiger partial charge in [0.1, 0.15) is 5.75 Å². The maximum Gasteiger partial charge on any atom is 0.223 e. The summed E-state index contributed by atoms with van der Waals surface area (Å²) < 4.78 is 5.14. The minimum atomic E-state index is -0.0126. The van der Waals surface area contributed by atoms with Crippen LogP contribution in [0.2, 0.25) is 0 Å². The number of ether oxygens (including phenoxy) is 1. The molecule has 5 heteroatoms. The lowest BCUT2D eigenvalue weighted by Crippen LogP contribution is -2.36. The van der Waals surface area contributed by atoms with E-state index >= 15 is 0 Å². The first kappa shape index (κ1) is 18.3. The van der Waals surface area contributed by atoms with Crippen molar-refractivity contribution in [1.29, 1.82) is 0 Å². The molecular weight excluding hydrogens is 304 g/mol. The van der Waals surface area contributed by atoms with E-state index in [1.807, 2.05) is 31.2 Å². The number of nitrogens with one attached hydrogen (secondary N) is 2. The van der Waals surface area contributed by atoms with Crippen LogP contribution in [0.4, 0.5) is 0 Å². The molecule has 2 rings (SSSR count). The van der Waals surface area contributed by atoms with Gasteiger partial charge in [-0.25, -0.2) is 0 Å². The first-order valence-electron chi connectivity index (χ1n) is 8.69. The van der Waals surface area contributed by atoms with Crippen LogP contribution in [-0.4, -0.2) is 31.5 Å². The lowest BCUT2D eigenvalue weighted by Gasteiger charge is -2.14. The molecule has 0 heterocycles. The number of aryl methyl sites for hydroxylation is 1. The summed E-state index contributed by atoms with van der Waals surface area (Å²) in [7, 11) is 1.65. The number of methoxy groups -OCH3 is 1. The van der Waals surface area contributed by atoms with Gasteiger partial charge in [-0.15, -0.1) is 0 Å². The molecule has 132 valence electrons. The molecule has 1 fully saturated rings. The number of benzene rings is 1. The number of hydrogen-bond acceptors (Lipinski definition) is 3. The summed E-state index contributed by atoms with van der Waals surface area (Å²) in [5.41, 5.74) is 1.22. The summed E-state index contributed by atoms with van der Waals surface area (Å²) in [5.74, 6) is 1.58.